The van der Waals surface area contributed by atoms with Gasteiger partial charge in [0.2, 0.25) is 0 Å². The van der Waals surface area contributed by atoms with E-state index in [4.69, 9.17) is 9.47 Å². The van der Waals surface area contributed by atoms with Crippen molar-refractivity contribution in [3.8, 4) is 11.8 Å². The number of nitro groups is 1. The number of hydrogen-bond donors (Lipinski definition) is 0. The number of non-ortho nitro benzene ring substituents is 1. The van der Waals surface area contributed by atoms with E-state index in [1.807, 2.05) is 21.1 Å². The molecular formula is C14H19N4O4+. The minimum Gasteiger partial charge on any atom is -0.477 e. The predicted molar refractivity (Wildman–Crippen MR) is 81.0 cm³/mol. The highest BCUT2D eigenvalue weighted by atomic mass is 16.6. The Kier molecular flexibility index (Phi) is 4.14. The molecule has 22 heavy (non-hydrogen) atoms. The van der Waals surface area contributed by atoms with Crippen molar-refractivity contribution < 1.29 is 18.9 Å². The zero-order valence-electron chi connectivity index (χ0n) is 13.3. The number of quaternary nitrogens is 1. The van der Waals surface area contributed by atoms with Crippen LogP contribution in [0.4, 0.5) is 5.69 Å². The molecule has 1 aromatic heterocycles. The van der Waals surface area contributed by atoms with Gasteiger partial charge >= 0.3 is 0 Å². The highest BCUT2D eigenvalue weighted by Gasteiger charge is 2.21. The summed E-state index contributed by atoms with van der Waals surface area (Å²) in [6, 6.07) is 2.93. The lowest BCUT2D eigenvalue weighted by Crippen LogP contribution is -2.33. The van der Waals surface area contributed by atoms with Gasteiger partial charge in [0.1, 0.15) is 17.6 Å². The van der Waals surface area contributed by atoms with Crippen LogP contribution in [0.5, 0.6) is 11.8 Å². The van der Waals surface area contributed by atoms with Crippen LogP contribution in [0.25, 0.3) is 11.0 Å². The van der Waals surface area contributed by atoms with Crippen LogP contribution < -0.4 is 9.47 Å². The third kappa shape index (κ3) is 3.22. The van der Waals surface area contributed by atoms with Crippen molar-refractivity contribution in [3.05, 3.63) is 27.8 Å². The summed E-state index contributed by atoms with van der Waals surface area (Å²) in [5.41, 5.74) is 1.72. The molecule has 0 aliphatic rings. The molecule has 0 aliphatic carbocycles. The molecule has 0 radical (unpaired) electrons. The van der Waals surface area contributed by atoms with Gasteiger partial charge < -0.3 is 14.0 Å². The second-order valence-electron chi connectivity index (χ2n) is 5.92. The van der Waals surface area contributed by atoms with E-state index in [9.17, 15) is 10.1 Å². The lowest BCUT2D eigenvalue weighted by atomic mass is 10.1. The Balaban J connectivity index is 2.75. The molecular weight excluding hydrogens is 288 g/mol. The second-order valence-corrected chi connectivity index (χ2v) is 5.92. The number of benzene rings is 1. The van der Waals surface area contributed by atoms with Gasteiger partial charge in [-0.05, 0) is 0 Å². The smallest absolute Gasteiger partial charge is 0.278 e. The van der Waals surface area contributed by atoms with Crippen LogP contribution in [0.15, 0.2) is 12.1 Å². The Morgan fingerprint density at radius 1 is 1.14 bits per heavy atom. The Morgan fingerprint density at radius 3 is 2.23 bits per heavy atom. The lowest BCUT2D eigenvalue weighted by Gasteiger charge is -2.24. The summed E-state index contributed by atoms with van der Waals surface area (Å²) < 4.78 is 10.9. The first kappa shape index (κ1) is 15.9. The van der Waals surface area contributed by atoms with Gasteiger partial charge in [0.05, 0.1) is 40.3 Å². The van der Waals surface area contributed by atoms with Gasteiger partial charge in [-0.2, -0.15) is 0 Å². The molecule has 2 rings (SSSR count). The SMILES string of the molecule is COc1nc2cc([N+](=O)[O-])cc(C[N+](C)(C)C)c2nc1OC. The molecule has 0 N–H and O–H groups in total. The molecule has 118 valence electrons. The van der Waals surface area contributed by atoms with Gasteiger partial charge in [0.15, 0.2) is 0 Å². The van der Waals surface area contributed by atoms with E-state index >= 15 is 0 Å². The standard InChI is InChI=1S/C14H19N4O4/c1-18(2,3)8-9-6-10(17(19)20)7-11-12(9)16-14(22-5)13(15-11)21-4/h6-7H,8H2,1-5H3/q+1. The molecule has 8 heteroatoms. The molecule has 0 unspecified atom stereocenters. The van der Waals surface area contributed by atoms with Crippen molar-refractivity contribution in [2.45, 2.75) is 6.54 Å². The molecule has 8 nitrogen and oxygen atoms in total. The molecule has 0 bridgehead atoms. The van der Waals surface area contributed by atoms with E-state index in [1.54, 1.807) is 0 Å². The Bertz CT molecular complexity index is 725. The van der Waals surface area contributed by atoms with E-state index in [2.05, 4.69) is 9.97 Å². The minimum atomic E-state index is -0.434. The summed E-state index contributed by atoms with van der Waals surface area (Å²) >= 11 is 0. The van der Waals surface area contributed by atoms with Crippen molar-refractivity contribution in [1.82, 2.24) is 9.97 Å². The fourth-order valence-corrected chi connectivity index (χ4v) is 2.19. The quantitative estimate of drug-likeness (QED) is 0.475. The molecule has 0 amide bonds. The van der Waals surface area contributed by atoms with Crippen molar-refractivity contribution in [2.24, 2.45) is 0 Å². The van der Waals surface area contributed by atoms with Crippen LogP contribution in [-0.4, -0.2) is 54.7 Å². The van der Waals surface area contributed by atoms with Gasteiger partial charge in [-0.15, -0.1) is 0 Å². The molecule has 0 atom stereocenters. The maximum atomic E-state index is 11.1. The fourth-order valence-electron chi connectivity index (χ4n) is 2.19. The molecule has 2 aromatic rings. The summed E-state index contributed by atoms with van der Waals surface area (Å²) in [7, 11) is 8.92. The van der Waals surface area contributed by atoms with Gasteiger partial charge in [0, 0.05) is 17.7 Å². The first-order valence-electron chi connectivity index (χ1n) is 6.62. The van der Waals surface area contributed by atoms with Crippen LogP contribution in [-0.2, 0) is 6.54 Å². The zero-order chi connectivity index (χ0) is 16.5. The van der Waals surface area contributed by atoms with Crippen molar-refractivity contribution in [3.63, 3.8) is 0 Å². The monoisotopic (exact) mass is 307 g/mol. The number of nitrogens with zero attached hydrogens (tertiary/aromatic N) is 4. The lowest BCUT2D eigenvalue weighted by molar-refractivity contribution is -0.883. The van der Waals surface area contributed by atoms with Crippen molar-refractivity contribution >= 4 is 16.7 Å². The van der Waals surface area contributed by atoms with Crippen LogP contribution in [0.2, 0.25) is 0 Å². The third-order valence-electron chi connectivity index (χ3n) is 3.01. The molecule has 0 fully saturated rings. The largest absolute Gasteiger partial charge is 0.477 e. The van der Waals surface area contributed by atoms with Crippen LogP contribution in [0, 0.1) is 10.1 Å². The van der Waals surface area contributed by atoms with E-state index in [0.29, 0.717) is 22.1 Å². The molecule has 0 saturated carbocycles. The predicted octanol–water partition coefficient (Wildman–Crippen LogP) is 1.76. The highest BCUT2D eigenvalue weighted by Crippen LogP contribution is 2.30. The fraction of sp³-hybridized carbons (Fsp3) is 0.429. The van der Waals surface area contributed by atoms with E-state index in [0.717, 1.165) is 5.56 Å². The number of hydrogen-bond acceptors (Lipinski definition) is 6. The second kappa shape index (κ2) is 5.72. The zero-order valence-corrected chi connectivity index (χ0v) is 13.3. The molecule has 0 saturated heterocycles. The highest BCUT2D eigenvalue weighted by molar-refractivity contribution is 5.82. The van der Waals surface area contributed by atoms with Gasteiger partial charge in [0.25, 0.3) is 17.4 Å². The third-order valence-corrected chi connectivity index (χ3v) is 3.01. The minimum absolute atomic E-state index is 0.0162. The van der Waals surface area contributed by atoms with Crippen molar-refractivity contribution in [2.75, 3.05) is 35.4 Å². The number of aromatic nitrogens is 2. The summed E-state index contributed by atoms with van der Waals surface area (Å²) in [6.45, 7) is 0.572. The summed E-state index contributed by atoms with van der Waals surface area (Å²) in [6.07, 6.45) is 0. The maximum absolute atomic E-state index is 11.1. The average molecular weight is 307 g/mol. The average Bonchev–Trinajstić information content (AvgIpc) is 2.43. The maximum Gasteiger partial charge on any atom is 0.278 e. The molecule has 0 spiro atoms. The van der Waals surface area contributed by atoms with Crippen LogP contribution in [0.1, 0.15) is 5.56 Å². The number of nitro benzene ring substituents is 1. The van der Waals surface area contributed by atoms with E-state index in [1.165, 1.54) is 26.4 Å². The molecule has 0 aliphatic heterocycles. The number of methoxy groups -OCH3 is 2. The van der Waals surface area contributed by atoms with Crippen molar-refractivity contribution in [1.29, 1.82) is 0 Å². The summed E-state index contributed by atoms with van der Waals surface area (Å²) in [4.78, 5) is 19.4. The van der Waals surface area contributed by atoms with E-state index < -0.39 is 4.92 Å². The number of ether oxygens (including phenoxy) is 2. The number of rotatable bonds is 5. The molecule has 1 aromatic carbocycles. The first-order valence-corrected chi connectivity index (χ1v) is 6.62. The topological polar surface area (TPSA) is 87.4 Å². The summed E-state index contributed by atoms with van der Waals surface area (Å²) in [5, 5.41) is 11.1. The van der Waals surface area contributed by atoms with E-state index in [-0.39, 0.29) is 17.4 Å². The molecule has 1 heterocycles. The number of fused-ring (bicyclic) bond motifs is 1. The first-order chi connectivity index (χ1) is 10.2. The van der Waals surface area contributed by atoms with Crippen LogP contribution in [0.3, 0.4) is 0 Å². The Morgan fingerprint density at radius 2 is 1.73 bits per heavy atom. The van der Waals surface area contributed by atoms with Gasteiger partial charge in [-0.3, -0.25) is 10.1 Å². The summed E-state index contributed by atoms with van der Waals surface area (Å²) in [5.74, 6) is 0.457. The Labute approximate surface area is 128 Å². The van der Waals surface area contributed by atoms with Gasteiger partial charge in [-0.25, -0.2) is 9.97 Å². The van der Waals surface area contributed by atoms with Crippen LogP contribution >= 0.6 is 0 Å². The normalized spacial score (nSPS) is 11.5. The Hall–Kier alpha value is -2.48. The van der Waals surface area contributed by atoms with Gasteiger partial charge in [-0.1, -0.05) is 0 Å².